The first-order valence-corrected chi connectivity index (χ1v) is 3.67. The Morgan fingerprint density at radius 2 is 2.17 bits per heavy atom. The van der Waals surface area contributed by atoms with Gasteiger partial charge in [0, 0.05) is 6.20 Å². The molecule has 0 aliphatic heterocycles. The monoisotopic (exact) mass is 195 g/mol. The maximum Gasteiger partial charge on any atom is 0.268 e. The summed E-state index contributed by atoms with van der Waals surface area (Å²) in [5.74, 6) is -0.948. The fraction of sp³-hybridized carbons (Fsp3) is 0.286. The van der Waals surface area contributed by atoms with E-state index in [0.717, 1.165) is 12.3 Å². The molecule has 0 amide bonds. The van der Waals surface area contributed by atoms with E-state index in [1.54, 1.807) is 0 Å². The number of pyridine rings is 1. The number of nitrogens with zero attached hydrogens (tertiary/aromatic N) is 1. The van der Waals surface area contributed by atoms with Crippen molar-refractivity contribution in [2.75, 3.05) is 0 Å². The minimum absolute atomic E-state index is 0.0143. The average molecular weight is 196 g/mol. The maximum atomic E-state index is 12.7. The van der Waals surface area contributed by atoms with Crippen LogP contribution in [0.25, 0.3) is 0 Å². The van der Waals surface area contributed by atoms with Gasteiger partial charge in [0.2, 0.25) is 0 Å². The first kappa shape index (κ1) is 9.32. The number of hydrogen-bond donors (Lipinski definition) is 0. The smallest absolute Gasteiger partial charge is 0.259 e. The molecule has 5 heteroatoms. The van der Waals surface area contributed by atoms with Crippen LogP contribution >= 0.6 is 11.6 Å². The summed E-state index contributed by atoms with van der Waals surface area (Å²) < 4.78 is 36.6. The number of halogens is 4. The topological polar surface area (TPSA) is 12.9 Å². The molecule has 1 heterocycles. The van der Waals surface area contributed by atoms with Gasteiger partial charge in [-0.1, -0.05) is 0 Å². The van der Waals surface area contributed by atoms with Crippen LogP contribution in [-0.2, 0) is 5.88 Å². The van der Waals surface area contributed by atoms with Crippen LogP contribution in [0.3, 0.4) is 0 Å². The molecule has 0 N–H and O–H groups in total. The lowest BCUT2D eigenvalue weighted by molar-refractivity contribution is 0.146. The summed E-state index contributed by atoms with van der Waals surface area (Å²) in [5, 5.41) is 0. The molecule has 0 aromatic carbocycles. The van der Waals surface area contributed by atoms with Gasteiger partial charge in [-0.25, -0.2) is 13.2 Å². The Kier molecular flexibility index (Phi) is 2.92. The van der Waals surface area contributed by atoms with Gasteiger partial charge >= 0.3 is 0 Å². The lowest BCUT2D eigenvalue weighted by Crippen LogP contribution is -1.95. The van der Waals surface area contributed by atoms with Gasteiger partial charge in [0.05, 0.1) is 17.1 Å². The number of aromatic nitrogens is 1. The van der Waals surface area contributed by atoms with Crippen molar-refractivity contribution in [3.63, 3.8) is 0 Å². The molecule has 1 nitrogen and oxygen atoms in total. The third-order valence-corrected chi connectivity index (χ3v) is 1.58. The van der Waals surface area contributed by atoms with Crippen LogP contribution in [0, 0.1) is 5.82 Å². The van der Waals surface area contributed by atoms with Crippen LogP contribution in [0.1, 0.15) is 17.7 Å². The lowest BCUT2D eigenvalue weighted by Gasteiger charge is -2.01. The van der Waals surface area contributed by atoms with Crippen molar-refractivity contribution in [2.24, 2.45) is 0 Å². The minimum Gasteiger partial charge on any atom is -0.259 e. The molecule has 0 aliphatic rings. The predicted molar refractivity (Wildman–Crippen MR) is 38.7 cm³/mol. The molecule has 0 unspecified atom stereocenters. The number of rotatable bonds is 2. The van der Waals surface area contributed by atoms with Crippen LogP contribution in [0.2, 0.25) is 0 Å². The minimum atomic E-state index is -2.83. The van der Waals surface area contributed by atoms with Crippen molar-refractivity contribution in [3.05, 3.63) is 29.3 Å². The molecule has 12 heavy (non-hydrogen) atoms. The van der Waals surface area contributed by atoms with Crippen molar-refractivity contribution in [3.8, 4) is 0 Å². The maximum absolute atomic E-state index is 12.7. The van der Waals surface area contributed by atoms with Crippen molar-refractivity contribution in [1.82, 2.24) is 4.98 Å². The van der Waals surface area contributed by atoms with Gasteiger partial charge in [-0.2, -0.15) is 0 Å². The standard InChI is InChI=1S/C7H5ClF3N/c8-2-4-1-6(9)5(3-12-4)7(10)11/h1,3,7H,2H2. The quantitative estimate of drug-likeness (QED) is 0.662. The molecule has 0 aliphatic carbocycles. The number of alkyl halides is 3. The Bertz CT molecular complexity index is 277. The van der Waals surface area contributed by atoms with E-state index < -0.39 is 17.8 Å². The molecular weight excluding hydrogens is 191 g/mol. The highest BCUT2D eigenvalue weighted by Crippen LogP contribution is 2.21. The largest absolute Gasteiger partial charge is 0.268 e. The highest BCUT2D eigenvalue weighted by molar-refractivity contribution is 6.16. The highest BCUT2D eigenvalue weighted by Gasteiger charge is 2.13. The zero-order chi connectivity index (χ0) is 9.14. The summed E-state index contributed by atoms with van der Waals surface area (Å²) in [5.41, 5.74) is -0.442. The van der Waals surface area contributed by atoms with Crippen LogP contribution < -0.4 is 0 Å². The Hall–Kier alpha value is -0.770. The van der Waals surface area contributed by atoms with Crippen molar-refractivity contribution in [1.29, 1.82) is 0 Å². The SMILES string of the molecule is Fc1cc(CCl)ncc1C(F)F. The summed E-state index contributed by atoms with van der Waals surface area (Å²) in [6, 6.07) is 0.911. The van der Waals surface area contributed by atoms with Gasteiger partial charge in [-0.15, -0.1) is 11.6 Å². The van der Waals surface area contributed by atoms with E-state index in [1.165, 1.54) is 0 Å². The van der Waals surface area contributed by atoms with Gasteiger partial charge in [-0.05, 0) is 6.07 Å². The summed E-state index contributed by atoms with van der Waals surface area (Å²) in [7, 11) is 0. The zero-order valence-electron chi connectivity index (χ0n) is 5.90. The Morgan fingerprint density at radius 1 is 1.50 bits per heavy atom. The van der Waals surface area contributed by atoms with Crippen LogP contribution in [-0.4, -0.2) is 4.98 Å². The molecule has 1 aromatic heterocycles. The molecule has 0 spiro atoms. The van der Waals surface area contributed by atoms with Gasteiger partial charge in [0.15, 0.2) is 0 Å². The van der Waals surface area contributed by atoms with Gasteiger partial charge in [-0.3, -0.25) is 4.98 Å². The van der Waals surface area contributed by atoms with E-state index in [9.17, 15) is 13.2 Å². The van der Waals surface area contributed by atoms with E-state index in [0.29, 0.717) is 0 Å². The Labute approximate surface area is 72.2 Å². The molecular formula is C7H5ClF3N. The molecule has 0 saturated heterocycles. The Balaban J connectivity index is 3.03. The predicted octanol–water partition coefficient (Wildman–Crippen LogP) is 2.90. The lowest BCUT2D eigenvalue weighted by atomic mass is 10.2. The van der Waals surface area contributed by atoms with Crippen LogP contribution in [0.4, 0.5) is 13.2 Å². The van der Waals surface area contributed by atoms with E-state index in [-0.39, 0.29) is 11.6 Å². The van der Waals surface area contributed by atoms with E-state index >= 15 is 0 Å². The van der Waals surface area contributed by atoms with Crippen molar-refractivity contribution < 1.29 is 13.2 Å². The summed E-state index contributed by atoms with van der Waals surface area (Å²) >= 11 is 5.31. The molecule has 0 atom stereocenters. The van der Waals surface area contributed by atoms with E-state index in [4.69, 9.17) is 11.6 Å². The van der Waals surface area contributed by atoms with Crippen LogP contribution in [0.15, 0.2) is 12.3 Å². The van der Waals surface area contributed by atoms with Gasteiger partial charge in [0.25, 0.3) is 6.43 Å². The van der Waals surface area contributed by atoms with Gasteiger partial charge in [0.1, 0.15) is 5.82 Å². The molecule has 66 valence electrons. The summed E-state index contributed by atoms with van der Waals surface area (Å²) in [6.07, 6.45) is -2.03. The molecule has 0 bridgehead atoms. The molecule has 0 radical (unpaired) electrons. The second-order valence-electron chi connectivity index (χ2n) is 2.13. The van der Waals surface area contributed by atoms with Crippen molar-refractivity contribution in [2.45, 2.75) is 12.3 Å². The first-order valence-electron chi connectivity index (χ1n) is 3.13. The van der Waals surface area contributed by atoms with E-state index in [1.807, 2.05) is 0 Å². The van der Waals surface area contributed by atoms with Crippen LogP contribution in [0.5, 0.6) is 0 Å². The second kappa shape index (κ2) is 3.76. The molecule has 1 aromatic rings. The Morgan fingerprint density at radius 3 is 2.58 bits per heavy atom. The third kappa shape index (κ3) is 1.88. The molecule has 0 saturated carbocycles. The summed E-state index contributed by atoms with van der Waals surface area (Å²) in [6.45, 7) is 0. The van der Waals surface area contributed by atoms with Gasteiger partial charge < -0.3 is 0 Å². The molecule has 0 fully saturated rings. The molecule has 1 rings (SSSR count). The fourth-order valence-corrected chi connectivity index (χ4v) is 0.861. The van der Waals surface area contributed by atoms with E-state index in [2.05, 4.69) is 4.98 Å². The third-order valence-electron chi connectivity index (χ3n) is 1.31. The first-order chi connectivity index (χ1) is 5.65. The van der Waals surface area contributed by atoms with Crippen molar-refractivity contribution >= 4 is 11.6 Å². The summed E-state index contributed by atoms with van der Waals surface area (Å²) in [4.78, 5) is 3.53. The average Bonchev–Trinajstić information content (AvgIpc) is 2.03. The normalized spacial score (nSPS) is 10.8. The highest BCUT2D eigenvalue weighted by atomic mass is 35.5. The number of hydrogen-bond acceptors (Lipinski definition) is 1. The fourth-order valence-electron chi connectivity index (χ4n) is 0.715. The second-order valence-corrected chi connectivity index (χ2v) is 2.40. The zero-order valence-corrected chi connectivity index (χ0v) is 6.65.